The summed E-state index contributed by atoms with van der Waals surface area (Å²) in [6, 6.07) is 3.63. The van der Waals surface area contributed by atoms with Gasteiger partial charge in [0.25, 0.3) is 0 Å². The largest absolute Gasteiger partial charge is 0.460 e. The molecule has 1 aromatic carbocycles. The Balaban J connectivity index is 1.91. The van der Waals surface area contributed by atoms with E-state index < -0.39 is 31.2 Å². The number of aliphatic hydroxyl groups is 3. The summed E-state index contributed by atoms with van der Waals surface area (Å²) >= 11 is 9.57. The highest BCUT2D eigenvalue weighted by Crippen LogP contribution is 2.38. The van der Waals surface area contributed by atoms with Gasteiger partial charge in [-0.1, -0.05) is 11.6 Å². The molecule has 0 bridgehead atoms. The number of hydrogen-bond acceptors (Lipinski definition) is 5. The third-order valence-electron chi connectivity index (χ3n) is 3.44. The normalized spacial score (nSPS) is 29.2. The molecule has 6 nitrogen and oxygen atoms in total. The van der Waals surface area contributed by atoms with Gasteiger partial charge in [0.1, 0.15) is 24.1 Å². The van der Waals surface area contributed by atoms with Crippen molar-refractivity contribution < 1.29 is 24.8 Å². The number of aliphatic hydroxyl groups excluding tert-OH is 3. The third kappa shape index (κ3) is 2.54. The molecule has 0 unspecified atom stereocenters. The van der Waals surface area contributed by atoms with Crippen LogP contribution in [0, 0.1) is 0 Å². The van der Waals surface area contributed by atoms with Crippen molar-refractivity contribution in [3.05, 3.63) is 27.8 Å². The van der Waals surface area contributed by atoms with E-state index in [4.69, 9.17) is 26.2 Å². The summed E-state index contributed by atoms with van der Waals surface area (Å²) in [5.74, 6) is 0.395. The number of rotatable bonds is 3. The van der Waals surface area contributed by atoms with Gasteiger partial charge in [0.05, 0.1) is 22.5 Å². The van der Waals surface area contributed by atoms with E-state index in [9.17, 15) is 10.2 Å². The minimum Gasteiger partial charge on any atom is -0.460 e. The molecule has 2 aromatic rings. The molecule has 1 aromatic heterocycles. The van der Waals surface area contributed by atoms with Crippen LogP contribution < -0.4 is 4.74 Å². The maximum Gasteiger partial charge on any atom is 0.229 e. The molecule has 0 amide bonds. The lowest BCUT2D eigenvalue weighted by Crippen LogP contribution is -2.35. The second kappa shape index (κ2) is 5.75. The molecule has 4 N–H and O–H groups in total. The SMILES string of the molecule is OC[C@@H]1O[C@@H](Oc2c[nH]c3ccc(Br)c(Cl)c23)[C@H](O)[C@H]1O. The fourth-order valence-electron chi connectivity index (χ4n) is 2.31. The monoisotopic (exact) mass is 377 g/mol. The number of ether oxygens (including phenoxy) is 2. The first kappa shape index (κ1) is 15.1. The molecule has 3 rings (SSSR count). The summed E-state index contributed by atoms with van der Waals surface area (Å²) in [4.78, 5) is 3.00. The maximum absolute atomic E-state index is 9.89. The number of halogens is 2. The van der Waals surface area contributed by atoms with Gasteiger partial charge in [0, 0.05) is 10.7 Å². The van der Waals surface area contributed by atoms with E-state index in [1.54, 1.807) is 12.3 Å². The number of benzene rings is 1. The first-order valence-electron chi connectivity index (χ1n) is 6.27. The predicted molar refractivity (Wildman–Crippen MR) is 79.4 cm³/mol. The third-order valence-corrected chi connectivity index (χ3v) is 4.72. The van der Waals surface area contributed by atoms with E-state index in [0.717, 1.165) is 5.52 Å². The number of aromatic nitrogens is 1. The summed E-state index contributed by atoms with van der Waals surface area (Å²) < 4.78 is 11.6. The first-order chi connectivity index (χ1) is 10.0. The molecule has 1 fully saturated rings. The second-order valence-corrected chi connectivity index (χ2v) is 5.99. The molecule has 1 aliphatic rings. The Kier molecular flexibility index (Phi) is 4.13. The fraction of sp³-hybridized carbons (Fsp3) is 0.385. The van der Waals surface area contributed by atoms with Crippen LogP contribution in [-0.4, -0.2) is 51.5 Å². The smallest absolute Gasteiger partial charge is 0.229 e. The molecule has 2 heterocycles. The van der Waals surface area contributed by atoms with Gasteiger partial charge in [-0.2, -0.15) is 0 Å². The highest BCUT2D eigenvalue weighted by atomic mass is 79.9. The van der Waals surface area contributed by atoms with Gasteiger partial charge < -0.3 is 29.8 Å². The highest BCUT2D eigenvalue weighted by Gasteiger charge is 2.44. The average Bonchev–Trinajstić information content (AvgIpc) is 3.00. The van der Waals surface area contributed by atoms with E-state index in [0.29, 0.717) is 20.6 Å². The minimum absolute atomic E-state index is 0.395. The predicted octanol–water partition coefficient (Wildman–Crippen LogP) is 1.40. The Hall–Kier alpha value is -0.830. The zero-order chi connectivity index (χ0) is 15.1. The van der Waals surface area contributed by atoms with Crippen molar-refractivity contribution >= 4 is 38.4 Å². The number of nitrogens with one attached hydrogen (secondary N) is 1. The van der Waals surface area contributed by atoms with E-state index in [1.165, 1.54) is 0 Å². The number of H-pyrrole nitrogens is 1. The van der Waals surface area contributed by atoms with Crippen LogP contribution in [0.1, 0.15) is 0 Å². The van der Waals surface area contributed by atoms with Crippen molar-refractivity contribution in [3.63, 3.8) is 0 Å². The first-order valence-corrected chi connectivity index (χ1v) is 7.44. The van der Waals surface area contributed by atoms with Gasteiger partial charge >= 0.3 is 0 Å². The van der Waals surface area contributed by atoms with Crippen LogP contribution in [0.4, 0.5) is 0 Å². The molecule has 1 saturated heterocycles. The summed E-state index contributed by atoms with van der Waals surface area (Å²) in [5, 5.41) is 29.8. The zero-order valence-electron chi connectivity index (χ0n) is 10.7. The van der Waals surface area contributed by atoms with Crippen LogP contribution in [0.15, 0.2) is 22.8 Å². The average molecular weight is 379 g/mol. The molecule has 0 aliphatic carbocycles. The Bertz CT molecular complexity index is 663. The zero-order valence-corrected chi connectivity index (χ0v) is 13.0. The molecule has 8 heteroatoms. The molecule has 21 heavy (non-hydrogen) atoms. The molecular formula is C13H13BrClNO5. The molecule has 1 aliphatic heterocycles. The van der Waals surface area contributed by atoms with Crippen LogP contribution in [-0.2, 0) is 4.74 Å². The minimum atomic E-state index is -1.25. The summed E-state index contributed by atoms with van der Waals surface area (Å²) in [5.41, 5.74) is 0.768. The molecule has 0 saturated carbocycles. The number of fused-ring (bicyclic) bond motifs is 1. The van der Waals surface area contributed by atoms with Crippen molar-refractivity contribution in [1.82, 2.24) is 4.98 Å². The number of hydrogen-bond donors (Lipinski definition) is 4. The van der Waals surface area contributed by atoms with E-state index in [1.807, 2.05) is 6.07 Å². The molecule has 4 atom stereocenters. The molecule has 0 spiro atoms. The van der Waals surface area contributed by atoms with Crippen molar-refractivity contribution in [3.8, 4) is 5.75 Å². The van der Waals surface area contributed by atoms with E-state index in [-0.39, 0.29) is 0 Å². The van der Waals surface area contributed by atoms with Crippen LogP contribution in [0.3, 0.4) is 0 Å². The number of aromatic amines is 1. The maximum atomic E-state index is 9.89. The Labute approximate surface area is 133 Å². The fourth-order valence-corrected chi connectivity index (χ4v) is 2.90. The van der Waals surface area contributed by atoms with E-state index in [2.05, 4.69) is 20.9 Å². The van der Waals surface area contributed by atoms with E-state index >= 15 is 0 Å². The lowest BCUT2D eigenvalue weighted by atomic mass is 10.1. The highest BCUT2D eigenvalue weighted by molar-refractivity contribution is 9.10. The molecule has 114 valence electrons. The van der Waals surface area contributed by atoms with Gasteiger partial charge in [-0.05, 0) is 28.1 Å². The Morgan fingerprint density at radius 3 is 2.76 bits per heavy atom. The summed E-state index contributed by atoms with van der Waals surface area (Å²) in [7, 11) is 0. The van der Waals surface area contributed by atoms with Gasteiger partial charge in [0.2, 0.25) is 6.29 Å². The second-order valence-electron chi connectivity index (χ2n) is 4.76. The standard InChI is InChI=1S/C13H13BrClNO5/c14-5-1-2-6-9(10(5)15)7(3-16-6)20-13-12(19)11(18)8(4-17)21-13/h1-3,8,11-13,16-19H,4H2/t8-,11-,12+,13+/m0/s1. The van der Waals surface area contributed by atoms with Gasteiger partial charge in [0.15, 0.2) is 0 Å². The summed E-state index contributed by atoms with van der Waals surface area (Å²) in [6.45, 7) is -0.404. The van der Waals surface area contributed by atoms with Gasteiger partial charge in [-0.15, -0.1) is 0 Å². The molecule has 0 radical (unpaired) electrons. The van der Waals surface area contributed by atoms with Crippen LogP contribution >= 0.6 is 27.5 Å². The quantitative estimate of drug-likeness (QED) is 0.648. The Morgan fingerprint density at radius 1 is 1.33 bits per heavy atom. The van der Waals surface area contributed by atoms with Crippen molar-refractivity contribution in [2.75, 3.05) is 6.61 Å². The summed E-state index contributed by atoms with van der Waals surface area (Å²) in [6.07, 6.45) is -2.81. The van der Waals surface area contributed by atoms with Crippen LogP contribution in [0.5, 0.6) is 5.75 Å². The van der Waals surface area contributed by atoms with Crippen molar-refractivity contribution in [2.45, 2.75) is 24.6 Å². The van der Waals surface area contributed by atoms with Crippen LogP contribution in [0.2, 0.25) is 5.02 Å². The lowest BCUT2D eigenvalue weighted by molar-refractivity contribution is -0.115. The Morgan fingerprint density at radius 2 is 2.10 bits per heavy atom. The topological polar surface area (TPSA) is 94.9 Å². The lowest BCUT2D eigenvalue weighted by Gasteiger charge is -2.16. The van der Waals surface area contributed by atoms with Crippen molar-refractivity contribution in [2.24, 2.45) is 0 Å². The van der Waals surface area contributed by atoms with Crippen molar-refractivity contribution in [1.29, 1.82) is 0 Å². The molecular weight excluding hydrogens is 366 g/mol. The van der Waals surface area contributed by atoms with Gasteiger partial charge in [-0.25, -0.2) is 0 Å². The van der Waals surface area contributed by atoms with Gasteiger partial charge in [-0.3, -0.25) is 0 Å². The van der Waals surface area contributed by atoms with Crippen LogP contribution in [0.25, 0.3) is 10.9 Å².